The van der Waals surface area contributed by atoms with Gasteiger partial charge in [0.2, 0.25) is 0 Å². The van der Waals surface area contributed by atoms with E-state index in [1.54, 1.807) is 0 Å². The molecule has 1 aliphatic rings. The third-order valence-electron chi connectivity index (χ3n) is 3.25. The number of rotatable bonds is 2. The van der Waals surface area contributed by atoms with E-state index in [2.05, 4.69) is 38.2 Å². The molecule has 0 fully saturated rings. The van der Waals surface area contributed by atoms with Crippen LogP contribution in [0, 0.1) is 0 Å². The second-order valence-electron chi connectivity index (χ2n) is 5.82. The normalized spacial score (nSPS) is 19.8. The number of aryl methyl sites for hydroxylation is 1. The standard InChI is InChI=1S/C14H22N2/c1-14(2,3)16-9-11-5-4-10-6-7-12(15)8-13(10)11/h6-8,11,16H,4-5,9,15H2,1-3H3. The molecule has 0 amide bonds. The summed E-state index contributed by atoms with van der Waals surface area (Å²) >= 11 is 0. The van der Waals surface area contributed by atoms with Crippen LogP contribution in [0.2, 0.25) is 0 Å². The fourth-order valence-electron chi connectivity index (χ4n) is 2.35. The van der Waals surface area contributed by atoms with E-state index >= 15 is 0 Å². The van der Waals surface area contributed by atoms with Crippen molar-refractivity contribution >= 4 is 5.69 Å². The minimum atomic E-state index is 0.197. The highest BCUT2D eigenvalue weighted by Crippen LogP contribution is 2.34. The predicted molar refractivity (Wildman–Crippen MR) is 69.7 cm³/mol. The first-order valence-corrected chi connectivity index (χ1v) is 6.09. The minimum Gasteiger partial charge on any atom is -0.399 e. The van der Waals surface area contributed by atoms with Crippen molar-refractivity contribution in [3.8, 4) is 0 Å². The van der Waals surface area contributed by atoms with Crippen LogP contribution in [-0.4, -0.2) is 12.1 Å². The third kappa shape index (κ3) is 2.56. The lowest BCUT2D eigenvalue weighted by atomic mass is 9.99. The molecule has 2 nitrogen and oxygen atoms in total. The summed E-state index contributed by atoms with van der Waals surface area (Å²) in [4.78, 5) is 0. The molecule has 1 aromatic rings. The maximum atomic E-state index is 5.85. The van der Waals surface area contributed by atoms with Gasteiger partial charge in [-0.3, -0.25) is 0 Å². The number of nitrogen functional groups attached to an aromatic ring is 1. The Morgan fingerprint density at radius 3 is 2.81 bits per heavy atom. The number of benzene rings is 1. The first kappa shape index (κ1) is 11.5. The van der Waals surface area contributed by atoms with Gasteiger partial charge in [-0.25, -0.2) is 0 Å². The van der Waals surface area contributed by atoms with Crippen LogP contribution < -0.4 is 11.1 Å². The summed E-state index contributed by atoms with van der Waals surface area (Å²) in [5, 5.41) is 3.58. The van der Waals surface area contributed by atoms with Crippen LogP contribution in [0.4, 0.5) is 5.69 Å². The van der Waals surface area contributed by atoms with Crippen LogP contribution in [0.3, 0.4) is 0 Å². The lowest BCUT2D eigenvalue weighted by molar-refractivity contribution is 0.405. The lowest BCUT2D eigenvalue weighted by Crippen LogP contribution is -2.38. The molecule has 1 aliphatic carbocycles. The quantitative estimate of drug-likeness (QED) is 0.749. The van der Waals surface area contributed by atoms with Crippen molar-refractivity contribution in [3.05, 3.63) is 29.3 Å². The van der Waals surface area contributed by atoms with Crippen LogP contribution in [0.25, 0.3) is 0 Å². The van der Waals surface area contributed by atoms with E-state index in [9.17, 15) is 0 Å². The van der Waals surface area contributed by atoms with Gasteiger partial charge in [0, 0.05) is 17.8 Å². The molecule has 0 saturated heterocycles. The van der Waals surface area contributed by atoms with Gasteiger partial charge >= 0.3 is 0 Å². The number of hydrogen-bond acceptors (Lipinski definition) is 2. The van der Waals surface area contributed by atoms with Gasteiger partial charge in [-0.05, 0) is 62.8 Å². The summed E-state index contributed by atoms with van der Waals surface area (Å²) in [6, 6.07) is 6.34. The second kappa shape index (κ2) is 4.10. The number of fused-ring (bicyclic) bond motifs is 1. The van der Waals surface area contributed by atoms with Crippen LogP contribution in [0.1, 0.15) is 44.2 Å². The van der Waals surface area contributed by atoms with Crippen molar-refractivity contribution in [2.24, 2.45) is 0 Å². The Kier molecular flexibility index (Phi) is 2.94. The van der Waals surface area contributed by atoms with Gasteiger partial charge in [0.25, 0.3) is 0 Å². The summed E-state index contributed by atoms with van der Waals surface area (Å²) in [5.41, 5.74) is 9.88. The van der Waals surface area contributed by atoms with Gasteiger partial charge < -0.3 is 11.1 Å². The van der Waals surface area contributed by atoms with Crippen molar-refractivity contribution < 1.29 is 0 Å². The second-order valence-corrected chi connectivity index (χ2v) is 5.82. The van der Waals surface area contributed by atoms with E-state index < -0.39 is 0 Å². The Morgan fingerprint density at radius 2 is 2.12 bits per heavy atom. The zero-order valence-corrected chi connectivity index (χ0v) is 10.5. The zero-order chi connectivity index (χ0) is 11.8. The topological polar surface area (TPSA) is 38.0 Å². The Morgan fingerprint density at radius 1 is 1.38 bits per heavy atom. The number of hydrogen-bond donors (Lipinski definition) is 2. The van der Waals surface area contributed by atoms with Crippen LogP contribution in [0.15, 0.2) is 18.2 Å². The summed E-state index contributed by atoms with van der Waals surface area (Å²) in [7, 11) is 0. The predicted octanol–water partition coefficient (Wildman–Crippen LogP) is 2.69. The molecule has 3 N–H and O–H groups in total. The third-order valence-corrected chi connectivity index (χ3v) is 3.25. The summed E-state index contributed by atoms with van der Waals surface area (Å²) in [6.07, 6.45) is 2.45. The largest absolute Gasteiger partial charge is 0.399 e. The maximum Gasteiger partial charge on any atom is 0.0317 e. The van der Waals surface area contributed by atoms with E-state index in [0.717, 1.165) is 12.2 Å². The molecule has 0 aromatic heterocycles. The SMILES string of the molecule is CC(C)(C)NCC1CCc2ccc(N)cc21. The highest BCUT2D eigenvalue weighted by atomic mass is 14.9. The molecule has 0 aliphatic heterocycles. The fourth-order valence-corrected chi connectivity index (χ4v) is 2.35. The van der Waals surface area contributed by atoms with Crippen LogP contribution >= 0.6 is 0 Å². The number of nitrogens with two attached hydrogens (primary N) is 1. The Labute approximate surface area is 98.2 Å². The van der Waals surface area contributed by atoms with E-state index in [0.29, 0.717) is 5.92 Å². The Hall–Kier alpha value is -1.02. The van der Waals surface area contributed by atoms with Crippen LogP contribution in [-0.2, 0) is 6.42 Å². The first-order valence-electron chi connectivity index (χ1n) is 6.09. The molecule has 1 aromatic carbocycles. The molecule has 0 saturated carbocycles. The van der Waals surface area contributed by atoms with Gasteiger partial charge in [0.15, 0.2) is 0 Å². The molecular formula is C14H22N2. The van der Waals surface area contributed by atoms with Gasteiger partial charge in [-0.15, -0.1) is 0 Å². The maximum absolute atomic E-state index is 5.85. The monoisotopic (exact) mass is 218 g/mol. The molecule has 2 heteroatoms. The molecule has 2 rings (SSSR count). The molecule has 0 bridgehead atoms. The molecule has 1 atom stereocenters. The molecule has 16 heavy (non-hydrogen) atoms. The van der Waals surface area contributed by atoms with Crippen molar-refractivity contribution in [2.75, 3.05) is 12.3 Å². The molecule has 1 unspecified atom stereocenters. The molecule has 0 heterocycles. The average molecular weight is 218 g/mol. The first-order chi connectivity index (χ1) is 7.46. The Balaban J connectivity index is 2.08. The molecule has 0 radical (unpaired) electrons. The van der Waals surface area contributed by atoms with Gasteiger partial charge in [-0.1, -0.05) is 6.07 Å². The zero-order valence-electron chi connectivity index (χ0n) is 10.5. The lowest BCUT2D eigenvalue weighted by Gasteiger charge is -2.23. The van der Waals surface area contributed by atoms with E-state index in [4.69, 9.17) is 5.73 Å². The minimum absolute atomic E-state index is 0.197. The molecular weight excluding hydrogens is 196 g/mol. The highest BCUT2D eigenvalue weighted by molar-refractivity contribution is 5.48. The number of nitrogens with one attached hydrogen (secondary N) is 1. The number of anilines is 1. The van der Waals surface area contributed by atoms with E-state index in [1.807, 2.05) is 6.07 Å². The van der Waals surface area contributed by atoms with Crippen molar-refractivity contribution in [3.63, 3.8) is 0 Å². The molecule has 0 spiro atoms. The highest BCUT2D eigenvalue weighted by Gasteiger charge is 2.23. The van der Waals surface area contributed by atoms with Crippen molar-refractivity contribution in [2.45, 2.75) is 45.1 Å². The summed E-state index contributed by atoms with van der Waals surface area (Å²) < 4.78 is 0. The van der Waals surface area contributed by atoms with Gasteiger partial charge in [-0.2, -0.15) is 0 Å². The van der Waals surface area contributed by atoms with Gasteiger partial charge in [0.05, 0.1) is 0 Å². The van der Waals surface area contributed by atoms with Crippen molar-refractivity contribution in [1.29, 1.82) is 0 Å². The van der Waals surface area contributed by atoms with Gasteiger partial charge in [0.1, 0.15) is 0 Å². The fraction of sp³-hybridized carbons (Fsp3) is 0.571. The summed E-state index contributed by atoms with van der Waals surface area (Å²) in [6.45, 7) is 7.69. The van der Waals surface area contributed by atoms with Crippen LogP contribution in [0.5, 0.6) is 0 Å². The average Bonchev–Trinajstić information content (AvgIpc) is 2.56. The van der Waals surface area contributed by atoms with Crippen molar-refractivity contribution in [1.82, 2.24) is 5.32 Å². The summed E-state index contributed by atoms with van der Waals surface area (Å²) in [5.74, 6) is 0.637. The van der Waals surface area contributed by atoms with E-state index in [-0.39, 0.29) is 5.54 Å². The molecule has 88 valence electrons. The smallest absolute Gasteiger partial charge is 0.0317 e. The van der Waals surface area contributed by atoms with E-state index in [1.165, 1.54) is 24.0 Å². The Bertz CT molecular complexity index is 377.